The fraction of sp³-hybridized carbons (Fsp3) is 0.312. The highest BCUT2D eigenvalue weighted by molar-refractivity contribution is 5.95. The van der Waals surface area contributed by atoms with Crippen LogP contribution < -0.4 is 9.80 Å². The Morgan fingerprint density at radius 3 is 2.26 bits per heavy atom. The van der Waals surface area contributed by atoms with Crippen molar-refractivity contribution in [3.8, 4) is 11.1 Å². The van der Waals surface area contributed by atoms with Crippen LogP contribution in [-0.4, -0.2) is 44.3 Å². The first-order chi connectivity index (χ1) is 18.3. The molecule has 1 fully saturated rings. The first-order valence-corrected chi connectivity index (χ1v) is 13.1. The Labute approximate surface area is 225 Å². The Balaban J connectivity index is 1.59. The van der Waals surface area contributed by atoms with Crippen LogP contribution in [-0.2, 0) is 20.9 Å². The number of benzene rings is 3. The van der Waals surface area contributed by atoms with Crippen molar-refractivity contribution in [3.63, 3.8) is 0 Å². The highest BCUT2D eigenvalue weighted by atomic mass is 16.5. The summed E-state index contributed by atoms with van der Waals surface area (Å²) in [6.07, 6.45) is 5.45. The summed E-state index contributed by atoms with van der Waals surface area (Å²) in [4.78, 5) is 29.2. The van der Waals surface area contributed by atoms with Gasteiger partial charge in [0.2, 0.25) is 5.91 Å². The van der Waals surface area contributed by atoms with E-state index < -0.39 is 12.1 Å². The smallest absolute Gasteiger partial charge is 0.330 e. The Morgan fingerprint density at radius 1 is 0.947 bits per heavy atom. The third kappa shape index (κ3) is 6.90. The minimum Gasteiger partial charge on any atom is -0.466 e. The van der Waals surface area contributed by atoms with Crippen molar-refractivity contribution >= 4 is 29.3 Å². The van der Waals surface area contributed by atoms with Crippen LogP contribution in [0.4, 0.5) is 11.4 Å². The summed E-state index contributed by atoms with van der Waals surface area (Å²) in [6.45, 7) is 0.412. The van der Waals surface area contributed by atoms with Gasteiger partial charge in [0.25, 0.3) is 0 Å². The molecule has 0 aromatic heterocycles. The maximum atomic E-state index is 13.8. The molecular weight excluding hydrogens is 476 g/mol. The number of esters is 1. The number of ether oxygens (including phenoxy) is 1. The van der Waals surface area contributed by atoms with Gasteiger partial charge in [-0.3, -0.25) is 4.79 Å². The molecule has 6 heteroatoms. The minimum absolute atomic E-state index is 0.0150. The largest absolute Gasteiger partial charge is 0.466 e. The van der Waals surface area contributed by atoms with E-state index in [4.69, 9.17) is 4.74 Å². The predicted molar refractivity (Wildman–Crippen MR) is 153 cm³/mol. The van der Waals surface area contributed by atoms with Crippen LogP contribution in [0, 0.1) is 5.92 Å². The summed E-state index contributed by atoms with van der Waals surface area (Å²) >= 11 is 0. The molecule has 0 unspecified atom stereocenters. The Kier molecular flexibility index (Phi) is 8.98. The molecular formula is C32H36N2O4. The molecule has 1 saturated carbocycles. The fourth-order valence-electron chi connectivity index (χ4n) is 4.87. The second-order valence-electron chi connectivity index (χ2n) is 10.0. The fourth-order valence-corrected chi connectivity index (χ4v) is 4.87. The Morgan fingerprint density at radius 2 is 1.63 bits per heavy atom. The highest BCUT2D eigenvalue weighted by Gasteiger charge is 2.30. The zero-order valence-electron chi connectivity index (χ0n) is 22.3. The minimum atomic E-state index is -0.438. The van der Waals surface area contributed by atoms with Gasteiger partial charge in [0.05, 0.1) is 19.8 Å². The van der Waals surface area contributed by atoms with Crippen LogP contribution in [0.15, 0.2) is 78.9 Å². The lowest BCUT2D eigenvalue weighted by atomic mass is 9.86. The predicted octanol–water partition coefficient (Wildman–Crippen LogP) is 5.69. The number of carbonyl (C=O) groups is 2. The molecule has 38 heavy (non-hydrogen) atoms. The number of hydrogen-bond donors (Lipinski definition) is 1. The topological polar surface area (TPSA) is 70.1 Å². The molecule has 3 aromatic carbocycles. The summed E-state index contributed by atoms with van der Waals surface area (Å²) in [5.74, 6) is -0.639. The van der Waals surface area contributed by atoms with Crippen LogP contribution in [0.5, 0.6) is 0 Å². The molecule has 3 aromatic rings. The van der Waals surface area contributed by atoms with Crippen molar-refractivity contribution < 1.29 is 19.4 Å². The number of aliphatic hydroxyl groups excluding tert-OH is 1. The van der Waals surface area contributed by atoms with Crippen LogP contribution in [0.3, 0.4) is 0 Å². The van der Waals surface area contributed by atoms with Gasteiger partial charge < -0.3 is 19.6 Å². The van der Waals surface area contributed by atoms with Crippen molar-refractivity contribution in [3.05, 3.63) is 90.0 Å². The number of methoxy groups -OCH3 is 1. The standard InChI is InChI=1S/C32H36N2O4/c1-33(2)28-17-15-26(16-18-28)25-13-10-24(11-14-25)22-34(32(37)27-7-5-9-30(35)21-27)29-8-4-6-23(20-29)12-19-31(36)38-3/h4,6,8,10-20,27,30,35H,5,7,9,21-22H2,1-3H3/b19-12+/t27-,30+/m0/s1. The quantitative estimate of drug-likeness (QED) is 0.310. The number of amides is 1. The van der Waals surface area contributed by atoms with Crippen molar-refractivity contribution in [1.82, 2.24) is 0 Å². The number of anilines is 2. The van der Waals surface area contributed by atoms with Gasteiger partial charge in [0.1, 0.15) is 0 Å². The molecule has 0 heterocycles. The van der Waals surface area contributed by atoms with E-state index in [1.54, 1.807) is 11.0 Å². The molecule has 6 nitrogen and oxygen atoms in total. The summed E-state index contributed by atoms with van der Waals surface area (Å²) in [6, 6.07) is 24.3. The van der Waals surface area contributed by atoms with Crippen molar-refractivity contribution in [2.24, 2.45) is 5.92 Å². The highest BCUT2D eigenvalue weighted by Crippen LogP contribution is 2.30. The molecule has 1 aliphatic carbocycles. The maximum Gasteiger partial charge on any atom is 0.330 e. The zero-order valence-corrected chi connectivity index (χ0v) is 22.3. The molecule has 0 aliphatic heterocycles. The van der Waals surface area contributed by atoms with Crippen LogP contribution >= 0.6 is 0 Å². The van der Waals surface area contributed by atoms with Gasteiger partial charge in [-0.2, -0.15) is 0 Å². The molecule has 2 atom stereocenters. The Hall–Kier alpha value is -3.90. The number of carbonyl (C=O) groups excluding carboxylic acids is 2. The number of aliphatic hydroxyl groups is 1. The van der Waals surface area contributed by atoms with Crippen molar-refractivity contribution in [2.45, 2.75) is 38.3 Å². The van der Waals surface area contributed by atoms with Gasteiger partial charge in [-0.05, 0) is 71.9 Å². The second kappa shape index (κ2) is 12.6. The third-order valence-corrected chi connectivity index (χ3v) is 7.07. The van der Waals surface area contributed by atoms with E-state index in [-0.39, 0.29) is 11.8 Å². The third-order valence-electron chi connectivity index (χ3n) is 7.07. The van der Waals surface area contributed by atoms with E-state index in [0.29, 0.717) is 13.0 Å². The summed E-state index contributed by atoms with van der Waals surface area (Å²) < 4.78 is 4.70. The SMILES string of the molecule is COC(=O)/C=C/c1cccc(N(Cc2ccc(-c3ccc(N(C)C)cc3)cc2)C(=O)[C@H]2CCC[C@@H](O)C2)c1. The molecule has 1 N–H and O–H groups in total. The van der Waals surface area contributed by atoms with E-state index >= 15 is 0 Å². The van der Waals surface area contributed by atoms with Crippen LogP contribution in [0.2, 0.25) is 0 Å². The molecule has 0 bridgehead atoms. The first-order valence-electron chi connectivity index (χ1n) is 13.1. The molecule has 0 spiro atoms. The zero-order chi connectivity index (χ0) is 27.1. The van der Waals surface area contributed by atoms with Crippen LogP contribution in [0.1, 0.15) is 36.8 Å². The lowest BCUT2D eigenvalue weighted by molar-refractivity contribution is -0.134. The monoisotopic (exact) mass is 512 g/mol. The first kappa shape index (κ1) is 27.1. The van der Waals surface area contributed by atoms with Gasteiger partial charge >= 0.3 is 5.97 Å². The van der Waals surface area contributed by atoms with E-state index in [1.807, 2.05) is 38.4 Å². The average molecular weight is 513 g/mol. The van der Waals surface area contributed by atoms with Gasteiger partial charge in [-0.1, -0.05) is 55.0 Å². The second-order valence-corrected chi connectivity index (χ2v) is 10.0. The van der Waals surface area contributed by atoms with Crippen molar-refractivity contribution in [2.75, 3.05) is 31.0 Å². The molecule has 1 aliphatic rings. The molecule has 198 valence electrons. The lowest BCUT2D eigenvalue weighted by Gasteiger charge is -2.31. The van der Waals surface area contributed by atoms with E-state index in [1.165, 1.54) is 13.2 Å². The molecule has 1 amide bonds. The van der Waals surface area contributed by atoms with Gasteiger partial charge in [-0.25, -0.2) is 4.79 Å². The van der Waals surface area contributed by atoms with E-state index in [9.17, 15) is 14.7 Å². The van der Waals surface area contributed by atoms with Gasteiger partial charge in [0, 0.05) is 37.5 Å². The number of rotatable bonds is 8. The van der Waals surface area contributed by atoms with Gasteiger partial charge in [0.15, 0.2) is 0 Å². The molecule has 4 rings (SSSR count). The number of nitrogens with zero attached hydrogens (tertiary/aromatic N) is 2. The molecule has 0 radical (unpaired) electrons. The normalized spacial score (nSPS) is 17.3. The van der Waals surface area contributed by atoms with E-state index in [0.717, 1.165) is 52.9 Å². The lowest BCUT2D eigenvalue weighted by Crippen LogP contribution is -2.38. The average Bonchev–Trinajstić information content (AvgIpc) is 2.94. The summed E-state index contributed by atoms with van der Waals surface area (Å²) in [5, 5.41) is 10.2. The van der Waals surface area contributed by atoms with Crippen LogP contribution in [0.25, 0.3) is 17.2 Å². The summed E-state index contributed by atoms with van der Waals surface area (Å²) in [5.41, 5.74) is 5.96. The van der Waals surface area contributed by atoms with Crippen molar-refractivity contribution in [1.29, 1.82) is 0 Å². The van der Waals surface area contributed by atoms with E-state index in [2.05, 4.69) is 53.4 Å². The van der Waals surface area contributed by atoms with Gasteiger partial charge in [-0.15, -0.1) is 0 Å². The Bertz CT molecular complexity index is 1270. The summed E-state index contributed by atoms with van der Waals surface area (Å²) in [7, 11) is 5.39. The maximum absolute atomic E-state index is 13.8. The number of hydrogen-bond acceptors (Lipinski definition) is 5. The molecule has 0 saturated heterocycles.